The molecule has 0 aliphatic carbocycles. The predicted molar refractivity (Wildman–Crippen MR) is 136 cm³/mol. The van der Waals surface area contributed by atoms with Crippen LogP contribution in [0.3, 0.4) is 0 Å². The highest BCUT2D eigenvalue weighted by Gasteiger charge is 2.25. The molecule has 5 nitrogen and oxygen atoms in total. The minimum absolute atomic E-state index is 0.0987. The monoisotopic (exact) mass is 453 g/mol. The topological polar surface area (TPSA) is 46.6 Å². The van der Waals surface area contributed by atoms with Crippen molar-refractivity contribution >= 4 is 10.9 Å². The van der Waals surface area contributed by atoms with Crippen LogP contribution in [0, 0.1) is 0 Å². The van der Waals surface area contributed by atoms with Crippen molar-refractivity contribution in [2.24, 2.45) is 0 Å². The second-order valence-corrected chi connectivity index (χ2v) is 8.56. The zero-order chi connectivity index (χ0) is 23.2. The summed E-state index contributed by atoms with van der Waals surface area (Å²) in [4.78, 5) is 7.29. The maximum absolute atomic E-state index is 6.16. The van der Waals surface area contributed by atoms with Crippen LogP contribution < -0.4 is 14.8 Å². The van der Waals surface area contributed by atoms with Crippen molar-refractivity contribution in [2.75, 3.05) is 32.8 Å². The molecule has 1 saturated heterocycles. The molecule has 0 saturated carbocycles. The minimum Gasteiger partial charge on any atom is -0.490 e. The Morgan fingerprint density at radius 1 is 0.853 bits per heavy atom. The van der Waals surface area contributed by atoms with Gasteiger partial charge in [0.1, 0.15) is 6.61 Å². The Morgan fingerprint density at radius 2 is 1.65 bits per heavy atom. The van der Waals surface area contributed by atoms with Gasteiger partial charge in [-0.25, -0.2) is 0 Å². The Labute approximate surface area is 201 Å². The lowest BCUT2D eigenvalue weighted by Gasteiger charge is -2.35. The molecule has 0 spiro atoms. The van der Waals surface area contributed by atoms with Gasteiger partial charge in [0.05, 0.1) is 18.2 Å². The average Bonchev–Trinajstić information content (AvgIpc) is 2.90. The summed E-state index contributed by atoms with van der Waals surface area (Å²) in [6, 6.07) is 27.2. The van der Waals surface area contributed by atoms with Crippen LogP contribution in [0.5, 0.6) is 11.5 Å². The average molecular weight is 454 g/mol. The first-order chi connectivity index (χ1) is 16.8. The fraction of sp³-hybridized carbons (Fsp3) is 0.276. The van der Waals surface area contributed by atoms with Crippen LogP contribution in [0.25, 0.3) is 10.9 Å². The summed E-state index contributed by atoms with van der Waals surface area (Å²) in [5.41, 5.74) is 4.54. The van der Waals surface area contributed by atoms with E-state index in [4.69, 9.17) is 14.5 Å². The molecule has 0 amide bonds. The van der Waals surface area contributed by atoms with Gasteiger partial charge < -0.3 is 14.8 Å². The molecule has 1 aromatic heterocycles. The van der Waals surface area contributed by atoms with Crippen LogP contribution in [0.2, 0.25) is 0 Å². The Kier molecular flexibility index (Phi) is 7.03. The Balaban J connectivity index is 1.50. The summed E-state index contributed by atoms with van der Waals surface area (Å²) in [6.45, 7) is 7.02. The Bertz CT molecular complexity index is 1220. The van der Waals surface area contributed by atoms with Gasteiger partial charge >= 0.3 is 0 Å². The molecule has 2 heterocycles. The standard InChI is InChI=1S/C29H31N3O2/c1-2-33-28-19-24(12-13-27(28)34-21-22-8-4-3-5-9-22)29(32-16-14-30-15-17-32)25-18-23-10-6-7-11-26(23)31-20-25/h3-13,18-20,29-30H,2,14-17,21H2,1H3. The molecule has 4 aromatic rings. The highest BCUT2D eigenvalue weighted by atomic mass is 16.5. The van der Waals surface area contributed by atoms with Gasteiger partial charge in [-0.2, -0.15) is 0 Å². The number of pyridine rings is 1. The molecule has 5 rings (SSSR count). The smallest absolute Gasteiger partial charge is 0.161 e. The van der Waals surface area contributed by atoms with Gasteiger partial charge in [0.2, 0.25) is 0 Å². The third-order valence-corrected chi connectivity index (χ3v) is 6.26. The first kappa shape index (κ1) is 22.4. The molecule has 1 aliphatic rings. The number of nitrogens with zero attached hydrogens (tertiary/aromatic N) is 2. The summed E-state index contributed by atoms with van der Waals surface area (Å²) < 4.78 is 12.2. The fourth-order valence-corrected chi connectivity index (χ4v) is 4.61. The summed E-state index contributed by atoms with van der Waals surface area (Å²) >= 11 is 0. The molecule has 174 valence electrons. The fourth-order valence-electron chi connectivity index (χ4n) is 4.61. The number of nitrogens with one attached hydrogen (secondary N) is 1. The molecular weight excluding hydrogens is 422 g/mol. The molecule has 0 bridgehead atoms. The minimum atomic E-state index is 0.0987. The zero-order valence-electron chi connectivity index (χ0n) is 19.6. The predicted octanol–water partition coefficient (Wildman–Crippen LogP) is 5.21. The summed E-state index contributed by atoms with van der Waals surface area (Å²) in [5, 5.41) is 4.63. The van der Waals surface area contributed by atoms with E-state index in [-0.39, 0.29) is 6.04 Å². The van der Waals surface area contributed by atoms with Crippen molar-refractivity contribution in [1.29, 1.82) is 0 Å². The number of para-hydroxylation sites is 1. The van der Waals surface area contributed by atoms with Crippen molar-refractivity contribution in [3.05, 3.63) is 102 Å². The molecule has 5 heteroatoms. The molecule has 3 aromatic carbocycles. The molecule has 1 unspecified atom stereocenters. The van der Waals surface area contributed by atoms with Gasteiger partial charge in [-0.1, -0.05) is 54.6 Å². The van der Waals surface area contributed by atoms with E-state index in [1.165, 1.54) is 11.1 Å². The van der Waals surface area contributed by atoms with E-state index in [2.05, 4.69) is 58.7 Å². The first-order valence-corrected chi connectivity index (χ1v) is 12.0. The van der Waals surface area contributed by atoms with Gasteiger partial charge in [-0.15, -0.1) is 0 Å². The second kappa shape index (κ2) is 10.7. The first-order valence-electron chi connectivity index (χ1n) is 12.0. The summed E-state index contributed by atoms with van der Waals surface area (Å²) in [7, 11) is 0. The number of rotatable bonds is 8. The lowest BCUT2D eigenvalue weighted by atomic mass is 9.96. The molecule has 1 atom stereocenters. The van der Waals surface area contributed by atoms with Crippen LogP contribution in [0.1, 0.15) is 29.7 Å². The van der Waals surface area contributed by atoms with Crippen LogP contribution in [0.4, 0.5) is 0 Å². The second-order valence-electron chi connectivity index (χ2n) is 8.56. The van der Waals surface area contributed by atoms with Gasteiger partial charge in [0.15, 0.2) is 11.5 Å². The van der Waals surface area contributed by atoms with Crippen LogP contribution in [-0.2, 0) is 6.61 Å². The molecule has 1 aliphatic heterocycles. The number of hydrogen-bond donors (Lipinski definition) is 1. The van der Waals surface area contributed by atoms with Crippen molar-refractivity contribution in [3.63, 3.8) is 0 Å². The maximum Gasteiger partial charge on any atom is 0.161 e. The Morgan fingerprint density at radius 3 is 2.47 bits per heavy atom. The highest BCUT2D eigenvalue weighted by molar-refractivity contribution is 5.79. The van der Waals surface area contributed by atoms with Crippen molar-refractivity contribution < 1.29 is 9.47 Å². The van der Waals surface area contributed by atoms with Gasteiger partial charge in [-0.05, 0) is 47.9 Å². The third kappa shape index (κ3) is 5.06. The number of fused-ring (bicyclic) bond motifs is 1. The van der Waals surface area contributed by atoms with Gasteiger partial charge in [0.25, 0.3) is 0 Å². The van der Waals surface area contributed by atoms with E-state index in [1.54, 1.807) is 0 Å². The SMILES string of the molecule is CCOc1cc(C(c2cnc3ccccc3c2)N2CCNCC2)ccc1OCc1ccccc1. The highest BCUT2D eigenvalue weighted by Crippen LogP contribution is 2.36. The number of hydrogen-bond acceptors (Lipinski definition) is 5. The van der Waals surface area contributed by atoms with Crippen LogP contribution >= 0.6 is 0 Å². The third-order valence-electron chi connectivity index (χ3n) is 6.26. The zero-order valence-corrected chi connectivity index (χ0v) is 19.6. The summed E-state index contributed by atoms with van der Waals surface area (Å²) in [5.74, 6) is 1.55. The van der Waals surface area contributed by atoms with E-state index < -0.39 is 0 Å². The number of aromatic nitrogens is 1. The van der Waals surface area contributed by atoms with E-state index in [0.29, 0.717) is 13.2 Å². The number of benzene rings is 3. The van der Waals surface area contributed by atoms with E-state index >= 15 is 0 Å². The molecule has 34 heavy (non-hydrogen) atoms. The lowest BCUT2D eigenvalue weighted by molar-refractivity contribution is 0.197. The largest absolute Gasteiger partial charge is 0.490 e. The normalized spacial score (nSPS) is 15.2. The lowest BCUT2D eigenvalue weighted by Crippen LogP contribution is -2.45. The molecular formula is C29H31N3O2. The van der Waals surface area contributed by atoms with E-state index in [0.717, 1.165) is 54.1 Å². The van der Waals surface area contributed by atoms with Gasteiger partial charge in [0, 0.05) is 37.8 Å². The van der Waals surface area contributed by atoms with Crippen molar-refractivity contribution in [3.8, 4) is 11.5 Å². The molecule has 1 N–H and O–H groups in total. The van der Waals surface area contributed by atoms with Crippen LogP contribution in [-0.4, -0.2) is 42.7 Å². The number of ether oxygens (including phenoxy) is 2. The van der Waals surface area contributed by atoms with Gasteiger partial charge in [-0.3, -0.25) is 9.88 Å². The van der Waals surface area contributed by atoms with Crippen molar-refractivity contribution in [1.82, 2.24) is 15.2 Å². The Hall–Kier alpha value is -3.41. The molecule has 0 radical (unpaired) electrons. The van der Waals surface area contributed by atoms with Crippen LogP contribution in [0.15, 0.2) is 85.1 Å². The van der Waals surface area contributed by atoms with E-state index in [9.17, 15) is 0 Å². The molecule has 1 fully saturated rings. The quantitative estimate of drug-likeness (QED) is 0.397. The maximum atomic E-state index is 6.16. The van der Waals surface area contributed by atoms with E-state index in [1.807, 2.05) is 43.5 Å². The number of piperazine rings is 1. The summed E-state index contributed by atoms with van der Waals surface area (Å²) in [6.07, 6.45) is 2.02. The van der Waals surface area contributed by atoms with Crippen molar-refractivity contribution in [2.45, 2.75) is 19.6 Å².